The third kappa shape index (κ3) is 5.83. The Morgan fingerprint density at radius 3 is 2.67 bits per heavy atom. The third-order valence-corrected chi connectivity index (χ3v) is 8.97. The van der Waals surface area contributed by atoms with Gasteiger partial charge in [0.05, 0.1) is 56.5 Å². The van der Waals surface area contributed by atoms with E-state index >= 15 is 0 Å². The van der Waals surface area contributed by atoms with Crippen LogP contribution >= 0.6 is 0 Å². The van der Waals surface area contributed by atoms with Crippen LogP contribution in [0.5, 0.6) is 5.75 Å². The molecule has 8 heteroatoms. The molecule has 3 aromatic carbocycles. The van der Waals surface area contributed by atoms with E-state index in [2.05, 4.69) is 51.7 Å². The minimum Gasteiger partial charge on any atom is -0.493 e. The van der Waals surface area contributed by atoms with Crippen molar-refractivity contribution in [3.63, 3.8) is 0 Å². The van der Waals surface area contributed by atoms with E-state index in [0.29, 0.717) is 64.2 Å². The van der Waals surface area contributed by atoms with Crippen molar-refractivity contribution in [1.29, 1.82) is 0 Å². The number of fused-ring (bicyclic) bond motifs is 3. The molecule has 7 rings (SSSR count). The molecule has 0 unspecified atom stereocenters. The molecule has 0 atom stereocenters. The summed E-state index contributed by atoms with van der Waals surface area (Å²) in [6.45, 7) is 5.37. The normalized spacial score (nSPS) is 15.4. The average Bonchev–Trinajstić information content (AvgIpc) is 3.79. The molecule has 1 saturated carbocycles. The molecule has 0 N–H and O–H groups in total. The predicted molar refractivity (Wildman–Crippen MR) is 180 cm³/mol. The summed E-state index contributed by atoms with van der Waals surface area (Å²) in [5.41, 5.74) is 7.03. The summed E-state index contributed by atoms with van der Waals surface area (Å²) < 4.78 is 27.8. The SMILES string of the molecule is CCOC(=O)c1c(CCCOc2cccc3ccccc23)c2cccc3c2n1C/C=C\COCc1c-3c(C2CC2)nn1CCOC. The van der Waals surface area contributed by atoms with Gasteiger partial charge in [-0.3, -0.25) is 4.68 Å². The number of benzene rings is 3. The van der Waals surface area contributed by atoms with Gasteiger partial charge in [0.1, 0.15) is 11.4 Å². The number of esters is 1. The summed E-state index contributed by atoms with van der Waals surface area (Å²) >= 11 is 0. The number of aryl methyl sites for hydroxylation is 1. The Bertz CT molecular complexity index is 1890. The number of hydrogen-bond donors (Lipinski definition) is 0. The molecule has 1 fully saturated rings. The zero-order valence-corrected chi connectivity index (χ0v) is 26.7. The number of carbonyl (C=O) groups excluding carboxylic acids is 1. The fourth-order valence-corrected chi connectivity index (χ4v) is 6.74. The Kier molecular flexibility index (Phi) is 8.90. The summed E-state index contributed by atoms with van der Waals surface area (Å²) in [6, 6.07) is 20.8. The molecule has 8 nitrogen and oxygen atoms in total. The zero-order chi connectivity index (χ0) is 31.5. The maximum atomic E-state index is 13.8. The summed E-state index contributed by atoms with van der Waals surface area (Å²) in [4.78, 5) is 13.8. The molecule has 2 aromatic heterocycles. The fourth-order valence-electron chi connectivity index (χ4n) is 6.74. The second kappa shape index (κ2) is 13.5. The second-order valence-corrected chi connectivity index (χ2v) is 12.0. The van der Waals surface area contributed by atoms with Gasteiger partial charge in [0.25, 0.3) is 0 Å². The minimum atomic E-state index is -0.299. The molecule has 238 valence electrons. The van der Waals surface area contributed by atoms with E-state index in [-0.39, 0.29) is 5.97 Å². The van der Waals surface area contributed by atoms with Gasteiger partial charge in [-0.15, -0.1) is 0 Å². The third-order valence-electron chi connectivity index (χ3n) is 8.97. The number of allylic oxidation sites excluding steroid dienone is 1. The highest BCUT2D eigenvalue weighted by atomic mass is 16.5. The van der Waals surface area contributed by atoms with Crippen LogP contribution in [-0.4, -0.2) is 53.9 Å². The van der Waals surface area contributed by atoms with Crippen LogP contribution in [0.15, 0.2) is 72.8 Å². The standard InChI is InChI=1S/C38H41N3O5/c1-3-45-38(42)37-30(16-10-23-46-33-17-8-12-26-11-4-5-13-28(26)33)29-14-9-15-31-34-32(25-44-22-7-6-20-40(37)36(29)31)41(21-24-43-2)39-35(34)27-18-19-27/h4-9,11-15,17,27H,3,10,16,18-25H2,1-2H3/b7-6-. The number of hydrogen-bond acceptors (Lipinski definition) is 6. The van der Waals surface area contributed by atoms with Crippen molar-refractivity contribution < 1.29 is 23.7 Å². The zero-order valence-electron chi connectivity index (χ0n) is 26.7. The van der Waals surface area contributed by atoms with Crippen LogP contribution in [0.4, 0.5) is 0 Å². The van der Waals surface area contributed by atoms with E-state index < -0.39 is 0 Å². The van der Waals surface area contributed by atoms with Gasteiger partial charge in [-0.1, -0.05) is 66.7 Å². The lowest BCUT2D eigenvalue weighted by Gasteiger charge is -2.13. The molecule has 46 heavy (non-hydrogen) atoms. The summed E-state index contributed by atoms with van der Waals surface area (Å²) in [5, 5.41) is 8.47. The number of methoxy groups -OCH3 is 1. The molecule has 0 radical (unpaired) electrons. The molecular formula is C38H41N3O5. The molecule has 0 amide bonds. The first-order valence-electron chi connectivity index (χ1n) is 16.4. The van der Waals surface area contributed by atoms with Crippen molar-refractivity contribution in [2.75, 3.05) is 33.5 Å². The maximum Gasteiger partial charge on any atom is 0.355 e. The van der Waals surface area contributed by atoms with E-state index in [1.807, 2.05) is 37.3 Å². The summed E-state index contributed by atoms with van der Waals surface area (Å²) in [6.07, 6.45) is 7.79. The lowest BCUT2D eigenvalue weighted by atomic mass is 9.96. The molecular weight excluding hydrogens is 578 g/mol. The average molecular weight is 620 g/mol. The smallest absolute Gasteiger partial charge is 0.355 e. The summed E-state index contributed by atoms with van der Waals surface area (Å²) in [5.74, 6) is 1.00. The van der Waals surface area contributed by atoms with Crippen molar-refractivity contribution in [2.24, 2.45) is 0 Å². The van der Waals surface area contributed by atoms with Gasteiger partial charge < -0.3 is 23.5 Å². The van der Waals surface area contributed by atoms with Gasteiger partial charge in [0.2, 0.25) is 0 Å². The number of aromatic nitrogens is 3. The van der Waals surface area contributed by atoms with Crippen LogP contribution in [0.1, 0.15) is 59.5 Å². The quantitative estimate of drug-likeness (QED) is 0.0868. The van der Waals surface area contributed by atoms with E-state index in [1.54, 1.807) is 7.11 Å². The van der Waals surface area contributed by atoms with Crippen molar-refractivity contribution in [3.05, 3.63) is 95.5 Å². The highest BCUT2D eigenvalue weighted by Crippen LogP contribution is 2.47. The first kappa shape index (κ1) is 30.3. The first-order chi connectivity index (χ1) is 22.7. The van der Waals surface area contributed by atoms with Crippen LogP contribution in [0, 0.1) is 0 Å². The molecule has 3 heterocycles. The topological polar surface area (TPSA) is 76.7 Å². The lowest BCUT2D eigenvalue weighted by molar-refractivity contribution is 0.0513. The molecule has 1 aliphatic carbocycles. The fraction of sp³-hybridized carbons (Fsp3) is 0.368. The number of para-hydroxylation sites is 1. The van der Waals surface area contributed by atoms with Gasteiger partial charge in [-0.2, -0.15) is 5.10 Å². The molecule has 0 bridgehead atoms. The summed E-state index contributed by atoms with van der Waals surface area (Å²) in [7, 11) is 1.72. The monoisotopic (exact) mass is 619 g/mol. The van der Waals surface area contributed by atoms with E-state index in [0.717, 1.165) is 74.8 Å². The van der Waals surface area contributed by atoms with Crippen LogP contribution in [0.2, 0.25) is 0 Å². The Hall–Kier alpha value is -4.40. The van der Waals surface area contributed by atoms with Crippen molar-refractivity contribution in [1.82, 2.24) is 14.3 Å². The van der Waals surface area contributed by atoms with Crippen LogP contribution in [0.3, 0.4) is 0 Å². The van der Waals surface area contributed by atoms with Gasteiger partial charge in [0, 0.05) is 41.5 Å². The lowest BCUT2D eigenvalue weighted by Crippen LogP contribution is -2.14. The first-order valence-corrected chi connectivity index (χ1v) is 16.4. The van der Waals surface area contributed by atoms with Gasteiger partial charge in [0.15, 0.2) is 0 Å². The van der Waals surface area contributed by atoms with Crippen LogP contribution in [-0.2, 0) is 40.3 Å². The number of ether oxygens (including phenoxy) is 4. The van der Waals surface area contributed by atoms with E-state index in [9.17, 15) is 4.79 Å². The maximum absolute atomic E-state index is 13.8. The largest absolute Gasteiger partial charge is 0.493 e. The van der Waals surface area contributed by atoms with Gasteiger partial charge in [-0.25, -0.2) is 4.79 Å². The molecule has 1 aliphatic heterocycles. The Morgan fingerprint density at radius 2 is 1.83 bits per heavy atom. The van der Waals surface area contributed by atoms with E-state index in [1.165, 1.54) is 0 Å². The van der Waals surface area contributed by atoms with E-state index in [4.69, 9.17) is 24.0 Å². The Balaban J connectivity index is 1.33. The predicted octanol–water partition coefficient (Wildman–Crippen LogP) is 7.46. The van der Waals surface area contributed by atoms with Crippen molar-refractivity contribution in [3.8, 4) is 16.9 Å². The second-order valence-electron chi connectivity index (χ2n) is 12.0. The van der Waals surface area contributed by atoms with Crippen molar-refractivity contribution >= 4 is 27.6 Å². The van der Waals surface area contributed by atoms with Crippen molar-refractivity contribution in [2.45, 2.75) is 58.2 Å². The highest BCUT2D eigenvalue weighted by molar-refractivity contribution is 6.05. The van der Waals surface area contributed by atoms with Gasteiger partial charge in [-0.05, 0) is 49.6 Å². The van der Waals surface area contributed by atoms with Gasteiger partial charge >= 0.3 is 5.97 Å². The minimum absolute atomic E-state index is 0.299. The number of rotatable bonds is 11. The Morgan fingerprint density at radius 1 is 1.00 bits per heavy atom. The highest BCUT2D eigenvalue weighted by Gasteiger charge is 2.34. The molecule has 0 spiro atoms. The number of nitrogens with zero attached hydrogens (tertiary/aromatic N) is 3. The molecule has 5 aromatic rings. The number of carbonyl (C=O) groups is 1. The Labute approximate surface area is 269 Å². The molecule has 2 aliphatic rings. The van der Waals surface area contributed by atoms with Crippen LogP contribution < -0.4 is 4.74 Å². The van der Waals surface area contributed by atoms with Crippen LogP contribution in [0.25, 0.3) is 32.8 Å². The molecule has 0 saturated heterocycles.